The van der Waals surface area contributed by atoms with Crippen LogP contribution in [0.2, 0.25) is 0 Å². The van der Waals surface area contributed by atoms with Crippen LogP contribution in [0.15, 0.2) is 48.5 Å². The van der Waals surface area contributed by atoms with E-state index in [1.54, 1.807) is 0 Å². The summed E-state index contributed by atoms with van der Waals surface area (Å²) < 4.78 is 11.3. The van der Waals surface area contributed by atoms with Crippen LogP contribution in [0.4, 0.5) is 4.79 Å². The van der Waals surface area contributed by atoms with E-state index in [9.17, 15) is 24.3 Å². The molecule has 2 heterocycles. The van der Waals surface area contributed by atoms with Gasteiger partial charge in [-0.25, -0.2) is 9.59 Å². The second-order valence-corrected chi connectivity index (χ2v) is 12.5. The molecule has 10 heteroatoms. The third kappa shape index (κ3) is 5.60. The van der Waals surface area contributed by atoms with Crippen molar-refractivity contribution in [2.45, 2.75) is 75.7 Å². The van der Waals surface area contributed by atoms with Crippen molar-refractivity contribution in [3.63, 3.8) is 0 Å². The number of methoxy groups -OCH3 is 1. The van der Waals surface area contributed by atoms with Crippen LogP contribution in [0, 0.1) is 5.92 Å². The Balaban J connectivity index is 1.55. The number of rotatable bonds is 8. The molecule has 0 bridgehead atoms. The summed E-state index contributed by atoms with van der Waals surface area (Å²) >= 11 is 0. The van der Waals surface area contributed by atoms with Gasteiger partial charge in [0.2, 0.25) is 11.8 Å². The van der Waals surface area contributed by atoms with Crippen LogP contribution in [-0.4, -0.2) is 77.4 Å². The average molecular weight is 578 g/mol. The van der Waals surface area contributed by atoms with Crippen molar-refractivity contribution in [2.75, 3.05) is 20.2 Å². The molecule has 2 aromatic carbocycles. The van der Waals surface area contributed by atoms with E-state index in [1.165, 1.54) is 12.0 Å². The minimum Gasteiger partial charge on any atom is -0.467 e. The highest BCUT2D eigenvalue weighted by molar-refractivity contribution is 5.94. The zero-order chi connectivity index (χ0) is 30.2. The van der Waals surface area contributed by atoms with Gasteiger partial charge in [0.15, 0.2) is 0 Å². The second-order valence-electron chi connectivity index (χ2n) is 12.5. The Morgan fingerprint density at radius 2 is 1.71 bits per heavy atom. The molecule has 3 amide bonds. The van der Waals surface area contributed by atoms with Crippen molar-refractivity contribution in [2.24, 2.45) is 5.92 Å². The predicted molar refractivity (Wildman–Crippen MR) is 155 cm³/mol. The molecule has 2 fully saturated rings. The first-order valence-corrected chi connectivity index (χ1v) is 14.5. The third-order valence-electron chi connectivity index (χ3n) is 8.62. The lowest BCUT2D eigenvalue weighted by Gasteiger charge is -2.38. The monoisotopic (exact) mass is 577 g/mol. The molecule has 2 aromatic rings. The molecule has 2 unspecified atom stereocenters. The van der Waals surface area contributed by atoms with Gasteiger partial charge in [0.25, 0.3) is 0 Å². The molecular weight excluding hydrogens is 538 g/mol. The summed E-state index contributed by atoms with van der Waals surface area (Å²) in [4.78, 5) is 53.7. The van der Waals surface area contributed by atoms with Crippen LogP contribution in [0.3, 0.4) is 0 Å². The Hall–Kier alpha value is -3.92. The highest BCUT2D eigenvalue weighted by Crippen LogP contribution is 2.51. The Kier molecular flexibility index (Phi) is 8.02. The van der Waals surface area contributed by atoms with Gasteiger partial charge < -0.3 is 25.2 Å². The van der Waals surface area contributed by atoms with Gasteiger partial charge in [-0.3, -0.25) is 14.5 Å². The highest BCUT2D eigenvalue weighted by atomic mass is 16.5. The standard InChI is InChI=1S/C32H39N3O7/c1-31(2,3)42-20-16-32(35(18-20)30(39)40,29(38)34-26(28(37)41-4)15-19-13-14-33-27(19)36)17-25-23-11-7-5-9-21(23)22-10-6-8-12-24(22)25/h5-12,19-20,25-26H,13-18H2,1-4H3,(H,33,36)(H,34,38)(H,39,40)/t19?,20-,26?,32-/m1/s1. The molecule has 10 nitrogen and oxygen atoms in total. The number of likely N-dealkylation sites (tertiary alicyclic amines) is 1. The number of nitrogens with zero attached hydrogens (tertiary/aromatic N) is 1. The SMILES string of the molecule is COC(=O)C(CC1CCNC1=O)NC(=O)[C@]1(CC2c3ccccc3-c3ccccc32)C[C@@H](OC(C)(C)C)CN1C(=O)O. The first-order valence-electron chi connectivity index (χ1n) is 14.5. The fourth-order valence-electron chi connectivity index (χ4n) is 6.89. The van der Waals surface area contributed by atoms with Crippen molar-refractivity contribution >= 4 is 23.9 Å². The molecule has 42 heavy (non-hydrogen) atoms. The minimum absolute atomic E-state index is 0.00393. The summed E-state index contributed by atoms with van der Waals surface area (Å²) in [5.41, 5.74) is 2.01. The van der Waals surface area contributed by atoms with Crippen molar-refractivity contribution in [1.82, 2.24) is 15.5 Å². The maximum absolute atomic E-state index is 14.5. The molecule has 3 aliphatic rings. The van der Waals surface area contributed by atoms with Gasteiger partial charge in [-0.05, 0) is 62.3 Å². The molecular formula is C32H39N3O7. The zero-order valence-electron chi connectivity index (χ0n) is 24.5. The van der Waals surface area contributed by atoms with E-state index in [2.05, 4.69) is 10.6 Å². The second kappa shape index (κ2) is 11.4. The molecule has 0 radical (unpaired) electrons. The largest absolute Gasteiger partial charge is 0.467 e. The van der Waals surface area contributed by atoms with Gasteiger partial charge in [0.1, 0.15) is 11.6 Å². The maximum Gasteiger partial charge on any atom is 0.408 e. The third-order valence-corrected chi connectivity index (χ3v) is 8.62. The first kappa shape index (κ1) is 29.6. The molecule has 4 atom stereocenters. The van der Waals surface area contributed by atoms with Crippen LogP contribution >= 0.6 is 0 Å². The van der Waals surface area contributed by atoms with Crippen LogP contribution < -0.4 is 10.6 Å². The summed E-state index contributed by atoms with van der Waals surface area (Å²) in [5, 5.41) is 16.1. The molecule has 0 saturated carbocycles. The number of benzene rings is 2. The zero-order valence-corrected chi connectivity index (χ0v) is 24.5. The fourth-order valence-corrected chi connectivity index (χ4v) is 6.89. The van der Waals surface area contributed by atoms with Crippen molar-refractivity contribution in [3.8, 4) is 11.1 Å². The van der Waals surface area contributed by atoms with Gasteiger partial charge in [0, 0.05) is 24.8 Å². The lowest BCUT2D eigenvalue weighted by Crippen LogP contribution is -2.60. The van der Waals surface area contributed by atoms with Crippen molar-refractivity contribution in [3.05, 3.63) is 59.7 Å². The lowest BCUT2D eigenvalue weighted by molar-refractivity contribution is -0.147. The van der Waals surface area contributed by atoms with Crippen LogP contribution in [0.25, 0.3) is 11.1 Å². The Labute approximate surface area is 245 Å². The van der Waals surface area contributed by atoms with Gasteiger partial charge >= 0.3 is 12.1 Å². The van der Waals surface area contributed by atoms with Gasteiger partial charge in [-0.15, -0.1) is 0 Å². The number of hydrogen-bond acceptors (Lipinski definition) is 6. The minimum atomic E-state index is -1.55. The number of carbonyl (C=O) groups excluding carboxylic acids is 3. The number of ether oxygens (including phenoxy) is 2. The van der Waals surface area contributed by atoms with Crippen molar-refractivity contribution < 1.29 is 33.8 Å². The number of carbonyl (C=O) groups is 4. The smallest absolute Gasteiger partial charge is 0.408 e. The number of amides is 3. The van der Waals surface area contributed by atoms with E-state index < -0.39 is 47.2 Å². The number of fused-ring (bicyclic) bond motifs is 3. The summed E-state index contributed by atoms with van der Waals surface area (Å²) in [6, 6.07) is 14.8. The molecule has 224 valence electrons. The maximum atomic E-state index is 14.5. The number of esters is 1. The van der Waals surface area contributed by atoms with E-state index >= 15 is 0 Å². The lowest BCUT2D eigenvalue weighted by atomic mass is 9.79. The number of hydrogen-bond donors (Lipinski definition) is 3. The first-order chi connectivity index (χ1) is 19.9. The molecule has 1 aliphatic carbocycles. The van der Waals surface area contributed by atoms with Crippen LogP contribution in [-0.2, 0) is 23.9 Å². The molecule has 0 aromatic heterocycles. The predicted octanol–water partition coefficient (Wildman–Crippen LogP) is 3.68. The fraction of sp³-hybridized carbons (Fsp3) is 0.500. The molecule has 2 saturated heterocycles. The normalized spacial score (nSPS) is 24.1. The summed E-state index contributed by atoms with van der Waals surface area (Å²) in [7, 11) is 1.23. The molecule has 5 rings (SSSR count). The summed E-state index contributed by atoms with van der Waals surface area (Å²) in [5.74, 6) is -2.19. The van der Waals surface area contributed by atoms with Crippen molar-refractivity contribution in [1.29, 1.82) is 0 Å². The Morgan fingerprint density at radius 3 is 2.24 bits per heavy atom. The Morgan fingerprint density at radius 1 is 1.10 bits per heavy atom. The highest BCUT2D eigenvalue weighted by Gasteiger charge is 2.57. The van der Waals surface area contributed by atoms with E-state index in [4.69, 9.17) is 9.47 Å². The summed E-state index contributed by atoms with van der Waals surface area (Å²) in [6.07, 6.45) is -0.927. The number of nitrogens with one attached hydrogen (secondary N) is 2. The average Bonchev–Trinajstić information content (AvgIpc) is 3.62. The van der Waals surface area contributed by atoms with Gasteiger partial charge in [0.05, 0.1) is 25.4 Å². The van der Waals surface area contributed by atoms with E-state index in [0.29, 0.717) is 13.0 Å². The molecule has 2 aliphatic heterocycles. The van der Waals surface area contributed by atoms with Crippen LogP contribution in [0.1, 0.15) is 63.5 Å². The molecule has 3 N–H and O–H groups in total. The summed E-state index contributed by atoms with van der Waals surface area (Å²) in [6.45, 7) is 6.17. The topological polar surface area (TPSA) is 134 Å². The van der Waals surface area contributed by atoms with Crippen LogP contribution in [0.5, 0.6) is 0 Å². The van der Waals surface area contributed by atoms with E-state index in [0.717, 1.165) is 22.3 Å². The quantitative estimate of drug-likeness (QED) is 0.408. The van der Waals surface area contributed by atoms with Gasteiger partial charge in [-0.2, -0.15) is 0 Å². The number of carboxylic acid groups (broad SMARTS) is 1. The Bertz CT molecular complexity index is 1340. The van der Waals surface area contributed by atoms with E-state index in [-0.39, 0.29) is 37.6 Å². The van der Waals surface area contributed by atoms with Gasteiger partial charge in [-0.1, -0.05) is 48.5 Å². The van der Waals surface area contributed by atoms with E-state index in [1.807, 2.05) is 69.3 Å². The molecule has 0 spiro atoms.